The second-order valence-electron chi connectivity index (χ2n) is 2.22. The van der Waals surface area contributed by atoms with Crippen LogP contribution in [0.3, 0.4) is 0 Å². The van der Waals surface area contributed by atoms with Crippen LogP contribution in [0.15, 0.2) is 0 Å². The van der Waals surface area contributed by atoms with Gasteiger partial charge < -0.3 is 0 Å². The van der Waals surface area contributed by atoms with Crippen LogP contribution in [0.5, 0.6) is 0 Å². The summed E-state index contributed by atoms with van der Waals surface area (Å²) in [5.41, 5.74) is -1.82. The minimum absolute atomic E-state index is 0.204. The van der Waals surface area contributed by atoms with Crippen LogP contribution in [0.25, 0.3) is 0 Å². The molecule has 0 aliphatic rings. The second-order valence-corrected chi connectivity index (χ2v) is 2.56. The van der Waals surface area contributed by atoms with Crippen molar-refractivity contribution in [3.05, 3.63) is 0 Å². The molecule has 0 aromatic carbocycles. The zero-order valence-electron chi connectivity index (χ0n) is 5.58. The van der Waals surface area contributed by atoms with Crippen molar-refractivity contribution in [1.29, 1.82) is 0 Å². The first kappa shape index (κ1) is 8.89. The fourth-order valence-electron chi connectivity index (χ4n) is 0.568. The maximum Gasteiger partial charge on any atom is 0.258 e. The van der Waals surface area contributed by atoms with Crippen LogP contribution in [0.4, 0.5) is 4.39 Å². The molecule has 0 amide bonds. The highest BCUT2D eigenvalue weighted by Crippen LogP contribution is 2.19. The topological polar surface area (TPSA) is 17.1 Å². The van der Waals surface area contributed by atoms with Gasteiger partial charge in [-0.1, -0.05) is 13.3 Å². The van der Waals surface area contributed by atoms with Crippen molar-refractivity contribution in [2.75, 3.05) is 0 Å². The lowest BCUT2D eigenvalue weighted by atomic mass is 10.1. The molecule has 1 nitrogen and oxygen atoms in total. The molecule has 0 aromatic rings. The Balaban J connectivity index is 3.85. The summed E-state index contributed by atoms with van der Waals surface area (Å²) >= 11 is 4.93. The smallest absolute Gasteiger partial charge is 0.258 e. The minimum Gasteiger partial charge on any atom is -0.278 e. The molecule has 0 bridgehead atoms. The normalized spacial score (nSPS) is 16.9. The van der Waals surface area contributed by atoms with Gasteiger partial charge in [-0.25, -0.2) is 4.39 Å². The van der Waals surface area contributed by atoms with Crippen LogP contribution in [-0.4, -0.2) is 10.9 Å². The van der Waals surface area contributed by atoms with Gasteiger partial charge in [0, 0.05) is 0 Å². The summed E-state index contributed by atoms with van der Waals surface area (Å²) in [5.74, 6) is 0. The molecule has 1 unspecified atom stereocenters. The Morgan fingerprint density at radius 1 is 1.78 bits per heavy atom. The van der Waals surface area contributed by atoms with Crippen molar-refractivity contribution in [2.45, 2.75) is 32.4 Å². The molecular formula is C6H10ClFO. The minimum atomic E-state index is -1.82. The van der Waals surface area contributed by atoms with Gasteiger partial charge in [-0.15, -0.1) is 0 Å². The summed E-state index contributed by atoms with van der Waals surface area (Å²) in [7, 11) is 0. The zero-order chi connectivity index (χ0) is 7.49. The predicted octanol–water partition coefficient (Wildman–Crippen LogP) is 2.28. The molecular weight excluding hydrogens is 143 g/mol. The summed E-state index contributed by atoms with van der Waals surface area (Å²) in [5, 5.41) is -0.899. The Kier molecular flexibility index (Phi) is 3.12. The molecule has 0 fully saturated rings. The summed E-state index contributed by atoms with van der Waals surface area (Å²) in [6, 6.07) is 0. The van der Waals surface area contributed by atoms with Crippen LogP contribution in [0.1, 0.15) is 26.7 Å². The summed E-state index contributed by atoms with van der Waals surface area (Å²) < 4.78 is 12.7. The molecule has 0 radical (unpaired) electrons. The largest absolute Gasteiger partial charge is 0.278 e. The van der Waals surface area contributed by atoms with Gasteiger partial charge in [-0.05, 0) is 24.9 Å². The van der Waals surface area contributed by atoms with Crippen LogP contribution in [0.2, 0.25) is 0 Å². The molecule has 0 spiro atoms. The van der Waals surface area contributed by atoms with Crippen molar-refractivity contribution in [3.8, 4) is 0 Å². The van der Waals surface area contributed by atoms with E-state index in [0.29, 0.717) is 6.42 Å². The van der Waals surface area contributed by atoms with E-state index in [-0.39, 0.29) is 6.42 Å². The predicted molar refractivity (Wildman–Crippen MR) is 35.3 cm³/mol. The van der Waals surface area contributed by atoms with Crippen molar-refractivity contribution >= 4 is 16.8 Å². The van der Waals surface area contributed by atoms with E-state index in [1.54, 1.807) is 6.92 Å². The lowest BCUT2D eigenvalue weighted by molar-refractivity contribution is -0.121. The van der Waals surface area contributed by atoms with Gasteiger partial charge in [0.25, 0.3) is 5.24 Å². The van der Waals surface area contributed by atoms with Gasteiger partial charge >= 0.3 is 0 Å². The molecule has 0 N–H and O–H groups in total. The number of rotatable bonds is 3. The summed E-state index contributed by atoms with van der Waals surface area (Å²) in [6.07, 6.45) is 0.834. The molecule has 0 aliphatic heterocycles. The average Bonchev–Trinajstić information content (AvgIpc) is 1.65. The molecule has 0 rings (SSSR count). The number of hydrogen-bond acceptors (Lipinski definition) is 1. The Bertz CT molecular complexity index is 112. The van der Waals surface area contributed by atoms with Crippen LogP contribution in [-0.2, 0) is 4.79 Å². The van der Waals surface area contributed by atoms with Gasteiger partial charge in [0.1, 0.15) is 0 Å². The highest BCUT2D eigenvalue weighted by atomic mass is 35.5. The van der Waals surface area contributed by atoms with E-state index >= 15 is 0 Å². The Morgan fingerprint density at radius 3 is 2.33 bits per heavy atom. The standard InChI is InChI=1S/C6H10ClFO/c1-3-4-6(2,8)5(7)9/h3-4H2,1-2H3. The molecule has 1 atom stereocenters. The van der Waals surface area contributed by atoms with Crippen molar-refractivity contribution in [3.63, 3.8) is 0 Å². The summed E-state index contributed by atoms with van der Waals surface area (Å²) in [4.78, 5) is 10.2. The van der Waals surface area contributed by atoms with Crippen molar-refractivity contribution < 1.29 is 9.18 Å². The quantitative estimate of drug-likeness (QED) is 0.567. The fourth-order valence-corrected chi connectivity index (χ4v) is 0.662. The first-order valence-electron chi connectivity index (χ1n) is 2.89. The molecule has 0 heterocycles. The number of carbonyl (C=O) groups excluding carboxylic acids is 1. The first-order chi connectivity index (χ1) is 4.00. The van der Waals surface area contributed by atoms with E-state index in [9.17, 15) is 9.18 Å². The maximum atomic E-state index is 12.7. The molecule has 3 heteroatoms. The fraction of sp³-hybridized carbons (Fsp3) is 0.833. The van der Waals surface area contributed by atoms with Crippen molar-refractivity contribution in [2.24, 2.45) is 0 Å². The lowest BCUT2D eigenvalue weighted by Crippen LogP contribution is -2.25. The Morgan fingerprint density at radius 2 is 2.22 bits per heavy atom. The van der Waals surface area contributed by atoms with E-state index in [0.717, 1.165) is 0 Å². The van der Waals surface area contributed by atoms with Crippen molar-refractivity contribution in [1.82, 2.24) is 0 Å². The van der Waals surface area contributed by atoms with Gasteiger partial charge in [0.15, 0.2) is 5.67 Å². The Labute approximate surface area is 59.2 Å². The van der Waals surface area contributed by atoms with E-state index in [4.69, 9.17) is 11.6 Å². The first-order valence-corrected chi connectivity index (χ1v) is 3.27. The monoisotopic (exact) mass is 152 g/mol. The highest BCUT2D eigenvalue weighted by Gasteiger charge is 2.29. The van der Waals surface area contributed by atoms with Gasteiger partial charge in [0.05, 0.1) is 0 Å². The molecule has 54 valence electrons. The average molecular weight is 153 g/mol. The molecule has 0 saturated carbocycles. The number of hydrogen-bond donors (Lipinski definition) is 0. The lowest BCUT2D eigenvalue weighted by Gasteiger charge is -2.12. The van der Waals surface area contributed by atoms with E-state index in [1.165, 1.54) is 6.92 Å². The van der Waals surface area contributed by atoms with Crippen LogP contribution < -0.4 is 0 Å². The molecule has 0 aromatic heterocycles. The molecule has 0 saturated heterocycles. The third kappa shape index (κ3) is 2.80. The van der Waals surface area contributed by atoms with Gasteiger partial charge in [-0.3, -0.25) is 4.79 Å². The van der Waals surface area contributed by atoms with E-state index in [1.807, 2.05) is 0 Å². The van der Waals surface area contributed by atoms with E-state index < -0.39 is 10.9 Å². The second kappa shape index (κ2) is 3.16. The van der Waals surface area contributed by atoms with Crippen LogP contribution in [0, 0.1) is 0 Å². The number of carbonyl (C=O) groups is 1. The third-order valence-electron chi connectivity index (χ3n) is 1.13. The SMILES string of the molecule is CCCC(C)(F)C(=O)Cl. The maximum absolute atomic E-state index is 12.7. The van der Waals surface area contributed by atoms with Crippen LogP contribution >= 0.6 is 11.6 Å². The number of halogens is 2. The third-order valence-corrected chi connectivity index (χ3v) is 1.52. The Hall–Kier alpha value is -0.110. The summed E-state index contributed by atoms with van der Waals surface area (Å²) in [6.45, 7) is 3.00. The molecule has 9 heavy (non-hydrogen) atoms. The molecule has 0 aliphatic carbocycles. The van der Waals surface area contributed by atoms with Gasteiger partial charge in [-0.2, -0.15) is 0 Å². The highest BCUT2D eigenvalue weighted by molar-refractivity contribution is 6.65. The van der Waals surface area contributed by atoms with Gasteiger partial charge in [0.2, 0.25) is 0 Å². The van der Waals surface area contributed by atoms with E-state index in [2.05, 4.69) is 0 Å². The number of alkyl halides is 1. The zero-order valence-corrected chi connectivity index (χ0v) is 6.33.